The number of hydrogen-bond donors (Lipinski definition) is 3. The zero-order valence-corrected chi connectivity index (χ0v) is 26.2. The molecular weight excluding hydrogens is 642 g/mol. The lowest BCUT2D eigenvalue weighted by Gasteiger charge is -2.12. The first-order valence-electron chi connectivity index (χ1n) is 13.5. The van der Waals surface area contributed by atoms with Gasteiger partial charge in [-0.1, -0.05) is 57.9 Å². The summed E-state index contributed by atoms with van der Waals surface area (Å²) in [4.78, 5) is 29.9. The molecule has 5 aromatic rings. The molecule has 3 N–H and O–H groups in total. The Bertz CT molecular complexity index is 1790. The van der Waals surface area contributed by atoms with Crippen molar-refractivity contribution >= 4 is 61.8 Å². The number of aryl methyl sites for hydroxylation is 1. The van der Waals surface area contributed by atoms with Crippen LogP contribution in [0.3, 0.4) is 0 Å². The number of nitrogens with one attached hydrogen (secondary N) is 3. The highest BCUT2D eigenvalue weighted by molar-refractivity contribution is 9.10. The second-order valence-corrected chi connectivity index (χ2v) is 11.3. The Morgan fingerprint density at radius 2 is 1.75 bits per heavy atom. The average molecular weight is 671 g/mol. The van der Waals surface area contributed by atoms with Crippen LogP contribution in [0.5, 0.6) is 11.5 Å². The van der Waals surface area contributed by atoms with E-state index in [4.69, 9.17) is 9.47 Å². The number of nitrogens with zero attached hydrogens (tertiary/aromatic N) is 2. The van der Waals surface area contributed by atoms with Gasteiger partial charge in [0.25, 0.3) is 11.8 Å². The monoisotopic (exact) mass is 669 g/mol. The second-order valence-electron chi connectivity index (χ2n) is 9.52. The van der Waals surface area contributed by atoms with Gasteiger partial charge < -0.3 is 20.1 Å². The number of carbonyl (C=O) groups is 2. The Kier molecular flexibility index (Phi) is 10.0. The Morgan fingerprint density at radius 1 is 0.977 bits per heavy atom. The lowest BCUT2D eigenvalue weighted by molar-refractivity contribution is -0.118. The van der Waals surface area contributed by atoms with Crippen LogP contribution >= 0.6 is 27.3 Å². The normalized spacial score (nSPS) is 10.8. The predicted molar refractivity (Wildman–Crippen MR) is 178 cm³/mol. The summed E-state index contributed by atoms with van der Waals surface area (Å²) in [6, 6.07) is 27.6. The Balaban J connectivity index is 1.17. The number of thiazole rings is 1. The van der Waals surface area contributed by atoms with Gasteiger partial charge in [0.05, 0.1) is 24.7 Å². The highest BCUT2D eigenvalue weighted by Gasteiger charge is 2.11. The Labute approximate surface area is 267 Å². The van der Waals surface area contributed by atoms with E-state index in [1.165, 1.54) is 30.2 Å². The van der Waals surface area contributed by atoms with Gasteiger partial charge >= 0.3 is 0 Å². The number of anilines is 3. The lowest BCUT2D eigenvalue weighted by atomic mass is 10.1. The molecule has 0 atom stereocenters. The smallest absolute Gasteiger partial charge is 0.271 e. The number of carbonyl (C=O) groups excluding carboxylic acids is 2. The van der Waals surface area contributed by atoms with Crippen molar-refractivity contribution in [2.24, 2.45) is 5.10 Å². The maximum Gasteiger partial charge on any atom is 0.271 e. The van der Waals surface area contributed by atoms with E-state index in [1.807, 2.05) is 54.8 Å². The molecular formula is C33H28BrN5O4S. The molecule has 0 aliphatic rings. The molecule has 1 aromatic heterocycles. The molecule has 222 valence electrons. The van der Waals surface area contributed by atoms with E-state index < -0.39 is 0 Å². The third-order valence-corrected chi connectivity index (χ3v) is 7.58. The molecule has 5 rings (SSSR count). The quantitative estimate of drug-likeness (QED) is 0.0997. The van der Waals surface area contributed by atoms with E-state index in [0.29, 0.717) is 28.3 Å². The first-order chi connectivity index (χ1) is 21.4. The molecule has 0 aliphatic heterocycles. The fraction of sp³-hybridized carbons (Fsp3) is 0.0909. The zero-order chi connectivity index (χ0) is 30.9. The number of para-hydroxylation sites is 2. The molecule has 11 heteroatoms. The predicted octanol–water partition coefficient (Wildman–Crippen LogP) is 7.41. The molecule has 9 nitrogen and oxygen atoms in total. The van der Waals surface area contributed by atoms with Gasteiger partial charge in [-0.15, -0.1) is 11.3 Å². The van der Waals surface area contributed by atoms with Crippen molar-refractivity contribution in [1.82, 2.24) is 10.4 Å². The van der Waals surface area contributed by atoms with E-state index in [9.17, 15) is 9.59 Å². The van der Waals surface area contributed by atoms with Crippen molar-refractivity contribution in [3.05, 3.63) is 118 Å². The second kappa shape index (κ2) is 14.5. The fourth-order valence-corrected chi connectivity index (χ4v) is 5.19. The number of aromatic nitrogens is 1. The van der Waals surface area contributed by atoms with E-state index in [1.54, 1.807) is 48.5 Å². The third kappa shape index (κ3) is 8.09. The summed E-state index contributed by atoms with van der Waals surface area (Å²) in [5.41, 5.74) is 7.97. The number of methoxy groups -OCH3 is 1. The van der Waals surface area contributed by atoms with Gasteiger partial charge in [-0.25, -0.2) is 10.4 Å². The standard InChI is InChI=1S/C33H28BrN5O4S/c1-21-7-14-26(15-8-21)36-33-38-28(20-44-33)22-9-11-23(12-10-22)32(41)39-35-18-24-17-25(34)13-16-29(24)43-19-31(40)37-27-5-3-4-6-30(27)42-2/h3-18,20H,19H2,1-2H3,(H,36,38)(H,37,40)(H,39,41)/b35-18+. The lowest BCUT2D eigenvalue weighted by Crippen LogP contribution is -2.21. The number of hydrogen-bond acceptors (Lipinski definition) is 8. The topological polar surface area (TPSA) is 114 Å². The number of benzene rings is 4. The number of amides is 2. The molecule has 0 saturated carbocycles. The van der Waals surface area contributed by atoms with Crippen molar-refractivity contribution in [1.29, 1.82) is 0 Å². The van der Waals surface area contributed by atoms with Crippen LogP contribution in [0.1, 0.15) is 21.5 Å². The first-order valence-corrected chi connectivity index (χ1v) is 15.1. The van der Waals surface area contributed by atoms with E-state index in [2.05, 4.69) is 42.1 Å². The summed E-state index contributed by atoms with van der Waals surface area (Å²) in [5, 5.41) is 12.9. The molecule has 0 radical (unpaired) electrons. The van der Waals surface area contributed by atoms with Crippen LogP contribution in [0.15, 0.2) is 106 Å². The minimum Gasteiger partial charge on any atom is -0.495 e. The molecule has 0 saturated heterocycles. The van der Waals surface area contributed by atoms with Gasteiger partial charge in [0.1, 0.15) is 11.5 Å². The van der Waals surface area contributed by atoms with Gasteiger partial charge in [-0.3, -0.25) is 9.59 Å². The van der Waals surface area contributed by atoms with Crippen LogP contribution in [0, 0.1) is 6.92 Å². The molecule has 1 heterocycles. The van der Waals surface area contributed by atoms with Gasteiger partial charge in [-0.05, 0) is 61.5 Å². The SMILES string of the molecule is COc1ccccc1NC(=O)COc1ccc(Br)cc1/C=N/NC(=O)c1ccc(-c2csc(Nc3ccc(C)cc3)n2)cc1. The molecule has 2 amide bonds. The molecule has 4 aromatic carbocycles. The fourth-order valence-electron chi connectivity index (χ4n) is 4.07. The van der Waals surface area contributed by atoms with Gasteiger partial charge in [0.15, 0.2) is 11.7 Å². The van der Waals surface area contributed by atoms with E-state index >= 15 is 0 Å². The van der Waals surface area contributed by atoms with Crippen molar-refractivity contribution in [2.45, 2.75) is 6.92 Å². The van der Waals surface area contributed by atoms with Crippen molar-refractivity contribution in [2.75, 3.05) is 24.4 Å². The van der Waals surface area contributed by atoms with Gasteiger partial charge in [0, 0.05) is 32.2 Å². The molecule has 0 aliphatic carbocycles. The minimum absolute atomic E-state index is 0.234. The Morgan fingerprint density at radius 3 is 2.52 bits per heavy atom. The van der Waals surface area contributed by atoms with Crippen LogP contribution in [0.25, 0.3) is 11.3 Å². The Hall–Kier alpha value is -5.00. The van der Waals surface area contributed by atoms with Crippen LogP contribution < -0.4 is 25.5 Å². The molecule has 0 unspecified atom stereocenters. The molecule has 0 bridgehead atoms. The molecule has 0 fully saturated rings. The summed E-state index contributed by atoms with van der Waals surface area (Å²) in [6.07, 6.45) is 1.46. The third-order valence-electron chi connectivity index (χ3n) is 6.33. The maximum absolute atomic E-state index is 12.8. The first kappa shape index (κ1) is 30.5. The van der Waals surface area contributed by atoms with Crippen molar-refractivity contribution < 1.29 is 19.1 Å². The summed E-state index contributed by atoms with van der Waals surface area (Å²) < 4.78 is 11.8. The van der Waals surface area contributed by atoms with Gasteiger partial charge in [0.2, 0.25) is 0 Å². The van der Waals surface area contributed by atoms with Crippen molar-refractivity contribution in [3.8, 4) is 22.8 Å². The van der Waals surface area contributed by atoms with Crippen molar-refractivity contribution in [3.63, 3.8) is 0 Å². The highest BCUT2D eigenvalue weighted by atomic mass is 79.9. The van der Waals surface area contributed by atoms with Crippen LogP contribution in [0.4, 0.5) is 16.5 Å². The number of rotatable bonds is 11. The van der Waals surface area contributed by atoms with Crippen LogP contribution in [-0.4, -0.2) is 36.7 Å². The van der Waals surface area contributed by atoms with Crippen LogP contribution in [-0.2, 0) is 4.79 Å². The van der Waals surface area contributed by atoms with Crippen LogP contribution in [0.2, 0.25) is 0 Å². The van der Waals surface area contributed by atoms with E-state index in [-0.39, 0.29) is 18.4 Å². The maximum atomic E-state index is 12.8. The number of halogens is 1. The molecule has 0 spiro atoms. The summed E-state index contributed by atoms with van der Waals surface area (Å²) >= 11 is 4.94. The minimum atomic E-state index is -0.374. The largest absolute Gasteiger partial charge is 0.495 e. The summed E-state index contributed by atoms with van der Waals surface area (Å²) in [5.74, 6) is 0.242. The van der Waals surface area contributed by atoms with Gasteiger partial charge in [-0.2, -0.15) is 5.10 Å². The molecule has 44 heavy (non-hydrogen) atoms. The number of hydrazone groups is 1. The van der Waals surface area contributed by atoms with E-state index in [0.717, 1.165) is 26.5 Å². The number of ether oxygens (including phenoxy) is 2. The highest BCUT2D eigenvalue weighted by Crippen LogP contribution is 2.28. The zero-order valence-electron chi connectivity index (χ0n) is 23.8. The summed E-state index contributed by atoms with van der Waals surface area (Å²) in [7, 11) is 1.53. The average Bonchev–Trinajstić information content (AvgIpc) is 3.50. The summed E-state index contributed by atoms with van der Waals surface area (Å²) in [6.45, 7) is 1.81.